The van der Waals surface area contributed by atoms with Crippen molar-refractivity contribution in [2.24, 2.45) is 0 Å². The molecule has 1 N–H and O–H groups in total. The molecular weight excluding hydrogens is 246 g/mol. The SMILES string of the molecule is Cc1ccc(C=CC(=O)Nc2ccc(C)cc2C)cc1. The van der Waals surface area contributed by atoms with E-state index in [9.17, 15) is 4.79 Å². The van der Waals surface area contributed by atoms with E-state index in [0.29, 0.717) is 0 Å². The largest absolute Gasteiger partial charge is 0.322 e. The number of aryl methyl sites for hydroxylation is 3. The fourth-order valence-electron chi connectivity index (χ4n) is 1.98. The van der Waals surface area contributed by atoms with Crippen molar-refractivity contribution in [3.05, 3.63) is 70.8 Å². The molecule has 0 aliphatic carbocycles. The fraction of sp³-hybridized carbons (Fsp3) is 0.167. The fourth-order valence-corrected chi connectivity index (χ4v) is 1.98. The van der Waals surface area contributed by atoms with Crippen molar-refractivity contribution in [3.63, 3.8) is 0 Å². The predicted octanol–water partition coefficient (Wildman–Crippen LogP) is 4.26. The number of hydrogen-bond acceptors (Lipinski definition) is 1. The van der Waals surface area contributed by atoms with Crippen LogP contribution in [0.3, 0.4) is 0 Å². The topological polar surface area (TPSA) is 29.1 Å². The zero-order valence-corrected chi connectivity index (χ0v) is 12.1. The molecule has 2 heteroatoms. The van der Waals surface area contributed by atoms with Gasteiger partial charge in [0, 0.05) is 11.8 Å². The van der Waals surface area contributed by atoms with E-state index in [2.05, 4.69) is 11.4 Å². The second-order valence-electron chi connectivity index (χ2n) is 5.05. The lowest BCUT2D eigenvalue weighted by Gasteiger charge is -2.07. The third-order valence-corrected chi connectivity index (χ3v) is 3.14. The van der Waals surface area contributed by atoms with Crippen molar-refractivity contribution in [1.29, 1.82) is 0 Å². The summed E-state index contributed by atoms with van der Waals surface area (Å²) in [6.07, 6.45) is 3.38. The molecule has 0 spiro atoms. The Hall–Kier alpha value is -2.35. The Morgan fingerprint density at radius 2 is 1.60 bits per heavy atom. The highest BCUT2D eigenvalue weighted by Crippen LogP contribution is 2.16. The first-order valence-corrected chi connectivity index (χ1v) is 6.67. The van der Waals surface area contributed by atoms with Crippen LogP contribution in [-0.4, -0.2) is 5.91 Å². The van der Waals surface area contributed by atoms with Crippen LogP contribution in [0, 0.1) is 20.8 Å². The van der Waals surface area contributed by atoms with Crippen LogP contribution in [-0.2, 0) is 4.79 Å². The maximum Gasteiger partial charge on any atom is 0.248 e. The first kappa shape index (κ1) is 14.1. The Kier molecular flexibility index (Phi) is 4.36. The third kappa shape index (κ3) is 3.82. The first-order chi connectivity index (χ1) is 9.54. The zero-order chi connectivity index (χ0) is 14.5. The van der Waals surface area contributed by atoms with Crippen molar-refractivity contribution >= 4 is 17.7 Å². The lowest BCUT2D eigenvalue weighted by atomic mass is 10.1. The quantitative estimate of drug-likeness (QED) is 0.825. The van der Waals surface area contributed by atoms with E-state index in [0.717, 1.165) is 16.8 Å². The molecule has 0 radical (unpaired) electrons. The molecule has 0 heterocycles. The second kappa shape index (κ2) is 6.20. The molecule has 0 unspecified atom stereocenters. The van der Waals surface area contributed by atoms with Gasteiger partial charge in [-0.1, -0.05) is 47.5 Å². The lowest BCUT2D eigenvalue weighted by Crippen LogP contribution is -2.08. The molecule has 0 fully saturated rings. The summed E-state index contributed by atoms with van der Waals surface area (Å²) < 4.78 is 0. The average Bonchev–Trinajstić information content (AvgIpc) is 2.41. The standard InChI is InChI=1S/C18H19NO/c1-13-4-7-16(8-5-13)9-11-18(20)19-17-10-6-14(2)12-15(17)3/h4-12H,1-3H3,(H,19,20). The summed E-state index contributed by atoms with van der Waals surface area (Å²) >= 11 is 0. The van der Waals surface area contributed by atoms with Gasteiger partial charge >= 0.3 is 0 Å². The van der Waals surface area contributed by atoms with Gasteiger partial charge in [0.05, 0.1) is 0 Å². The molecule has 0 saturated heterocycles. The van der Waals surface area contributed by atoms with Gasteiger partial charge in [0.15, 0.2) is 0 Å². The van der Waals surface area contributed by atoms with Gasteiger partial charge in [0.25, 0.3) is 0 Å². The summed E-state index contributed by atoms with van der Waals surface area (Å²) in [6.45, 7) is 6.07. The van der Waals surface area contributed by atoms with Crippen LogP contribution in [0.1, 0.15) is 22.3 Å². The summed E-state index contributed by atoms with van der Waals surface area (Å²) in [6, 6.07) is 14.0. The van der Waals surface area contributed by atoms with Crippen LogP contribution in [0.25, 0.3) is 6.08 Å². The van der Waals surface area contributed by atoms with Crippen molar-refractivity contribution < 1.29 is 4.79 Å². The van der Waals surface area contributed by atoms with Gasteiger partial charge in [-0.15, -0.1) is 0 Å². The summed E-state index contributed by atoms with van der Waals surface area (Å²) in [4.78, 5) is 11.9. The van der Waals surface area contributed by atoms with E-state index in [4.69, 9.17) is 0 Å². The molecule has 1 amide bonds. The first-order valence-electron chi connectivity index (χ1n) is 6.67. The number of nitrogens with one attached hydrogen (secondary N) is 1. The van der Waals surface area contributed by atoms with Crippen LogP contribution >= 0.6 is 0 Å². The van der Waals surface area contributed by atoms with Crippen LogP contribution < -0.4 is 5.32 Å². The van der Waals surface area contributed by atoms with Gasteiger partial charge in [-0.05, 0) is 44.0 Å². The molecule has 2 aromatic carbocycles. The Labute approximate surface area is 120 Å². The van der Waals surface area contributed by atoms with E-state index in [1.807, 2.05) is 63.2 Å². The highest BCUT2D eigenvalue weighted by molar-refractivity contribution is 6.02. The number of carbonyl (C=O) groups is 1. The molecule has 2 aromatic rings. The maximum absolute atomic E-state index is 11.9. The summed E-state index contributed by atoms with van der Waals surface area (Å²) in [5.41, 5.74) is 5.35. The number of rotatable bonds is 3. The average molecular weight is 265 g/mol. The minimum absolute atomic E-state index is 0.113. The third-order valence-electron chi connectivity index (χ3n) is 3.14. The Bertz CT molecular complexity index is 639. The van der Waals surface area contributed by atoms with E-state index in [1.54, 1.807) is 6.08 Å². The van der Waals surface area contributed by atoms with E-state index >= 15 is 0 Å². The Morgan fingerprint density at radius 1 is 0.950 bits per heavy atom. The summed E-state index contributed by atoms with van der Waals surface area (Å²) in [5.74, 6) is -0.113. The van der Waals surface area contributed by atoms with E-state index in [-0.39, 0.29) is 5.91 Å². The molecule has 20 heavy (non-hydrogen) atoms. The van der Waals surface area contributed by atoms with Gasteiger partial charge in [-0.2, -0.15) is 0 Å². The lowest BCUT2D eigenvalue weighted by molar-refractivity contribution is -0.111. The van der Waals surface area contributed by atoms with Crippen LogP contribution in [0.2, 0.25) is 0 Å². The molecule has 0 bridgehead atoms. The minimum Gasteiger partial charge on any atom is -0.322 e. The van der Waals surface area contributed by atoms with Crippen LogP contribution in [0.4, 0.5) is 5.69 Å². The smallest absolute Gasteiger partial charge is 0.248 e. The molecule has 0 aliphatic heterocycles. The monoisotopic (exact) mass is 265 g/mol. The van der Waals surface area contributed by atoms with Crippen LogP contribution in [0.15, 0.2) is 48.5 Å². The molecule has 0 atom stereocenters. The van der Waals surface area contributed by atoms with Gasteiger partial charge in [0.2, 0.25) is 5.91 Å². The number of benzene rings is 2. The minimum atomic E-state index is -0.113. The van der Waals surface area contributed by atoms with Crippen molar-refractivity contribution in [3.8, 4) is 0 Å². The van der Waals surface area contributed by atoms with E-state index in [1.165, 1.54) is 11.1 Å². The Balaban J connectivity index is 2.03. The van der Waals surface area contributed by atoms with Gasteiger partial charge in [0.1, 0.15) is 0 Å². The summed E-state index contributed by atoms with van der Waals surface area (Å²) in [5, 5.41) is 2.89. The van der Waals surface area contributed by atoms with E-state index < -0.39 is 0 Å². The zero-order valence-electron chi connectivity index (χ0n) is 12.1. The highest BCUT2D eigenvalue weighted by Gasteiger charge is 2.01. The maximum atomic E-state index is 11.9. The molecule has 102 valence electrons. The number of hydrogen-bond donors (Lipinski definition) is 1. The number of amides is 1. The van der Waals surface area contributed by atoms with Crippen molar-refractivity contribution in [1.82, 2.24) is 0 Å². The van der Waals surface area contributed by atoms with Crippen LogP contribution in [0.5, 0.6) is 0 Å². The van der Waals surface area contributed by atoms with Crippen molar-refractivity contribution in [2.75, 3.05) is 5.32 Å². The number of anilines is 1. The normalized spacial score (nSPS) is 10.8. The molecule has 0 saturated carbocycles. The van der Waals surface area contributed by atoms with Gasteiger partial charge in [-0.3, -0.25) is 4.79 Å². The van der Waals surface area contributed by atoms with Gasteiger partial charge < -0.3 is 5.32 Å². The second-order valence-corrected chi connectivity index (χ2v) is 5.05. The molecular formula is C18H19NO. The number of carbonyl (C=O) groups excluding carboxylic acids is 1. The molecule has 0 aromatic heterocycles. The predicted molar refractivity (Wildman–Crippen MR) is 84.8 cm³/mol. The molecule has 2 nitrogen and oxygen atoms in total. The summed E-state index contributed by atoms with van der Waals surface area (Å²) in [7, 11) is 0. The van der Waals surface area contributed by atoms with Crippen molar-refractivity contribution in [2.45, 2.75) is 20.8 Å². The molecule has 2 rings (SSSR count). The highest BCUT2D eigenvalue weighted by atomic mass is 16.1. The van der Waals surface area contributed by atoms with Gasteiger partial charge in [-0.25, -0.2) is 0 Å². The Morgan fingerprint density at radius 3 is 2.25 bits per heavy atom. The molecule has 0 aliphatic rings.